The van der Waals surface area contributed by atoms with Gasteiger partial charge in [0.05, 0.1) is 12.2 Å². The van der Waals surface area contributed by atoms with Crippen molar-refractivity contribution in [3.8, 4) is 5.75 Å². The third kappa shape index (κ3) is 4.07. The number of aromatic hydroxyl groups is 1. The van der Waals surface area contributed by atoms with E-state index < -0.39 is 0 Å². The molecule has 17 heavy (non-hydrogen) atoms. The molecule has 0 aromatic heterocycles. The summed E-state index contributed by atoms with van der Waals surface area (Å²) in [5, 5.41) is 15.5. The fourth-order valence-corrected chi connectivity index (χ4v) is 1.63. The molecule has 0 bridgehead atoms. The van der Waals surface area contributed by atoms with Crippen molar-refractivity contribution in [2.24, 2.45) is 0 Å². The van der Waals surface area contributed by atoms with Gasteiger partial charge in [-0.15, -0.1) is 0 Å². The van der Waals surface area contributed by atoms with Gasteiger partial charge in [-0.1, -0.05) is 13.0 Å². The normalized spacial score (nSPS) is 10.3. The highest BCUT2D eigenvalue weighted by atomic mass is 16.3. The van der Waals surface area contributed by atoms with Crippen LogP contribution < -0.4 is 10.6 Å². The number of benzene rings is 1. The maximum atomic E-state index is 11.6. The number of rotatable bonds is 5. The summed E-state index contributed by atoms with van der Waals surface area (Å²) in [4.78, 5) is 11.6. The van der Waals surface area contributed by atoms with Crippen LogP contribution in [0.4, 0.5) is 5.69 Å². The van der Waals surface area contributed by atoms with E-state index in [4.69, 9.17) is 0 Å². The third-order valence-corrected chi connectivity index (χ3v) is 2.43. The van der Waals surface area contributed by atoms with E-state index in [-0.39, 0.29) is 18.2 Å². The summed E-state index contributed by atoms with van der Waals surface area (Å²) in [5.74, 6) is -0.00167. The van der Waals surface area contributed by atoms with Crippen molar-refractivity contribution >= 4 is 11.6 Å². The molecule has 0 radical (unpaired) electrons. The van der Waals surface area contributed by atoms with Gasteiger partial charge in [-0.25, -0.2) is 0 Å². The number of aryl methyl sites for hydroxylation is 2. The van der Waals surface area contributed by atoms with E-state index in [0.29, 0.717) is 5.69 Å². The predicted octanol–water partition coefficient (Wildman–Crippen LogP) is 1.95. The van der Waals surface area contributed by atoms with Crippen molar-refractivity contribution in [2.45, 2.75) is 27.2 Å². The second kappa shape index (κ2) is 6.25. The minimum atomic E-state index is -0.140. The van der Waals surface area contributed by atoms with Crippen LogP contribution in [0, 0.1) is 13.8 Å². The summed E-state index contributed by atoms with van der Waals surface area (Å²) in [6.45, 7) is 6.86. The van der Waals surface area contributed by atoms with E-state index >= 15 is 0 Å². The van der Waals surface area contributed by atoms with Crippen molar-refractivity contribution in [3.05, 3.63) is 23.3 Å². The molecule has 1 aromatic carbocycles. The molecule has 4 heteroatoms. The van der Waals surface area contributed by atoms with Crippen LogP contribution >= 0.6 is 0 Å². The summed E-state index contributed by atoms with van der Waals surface area (Å²) in [6, 6.07) is 3.64. The lowest BCUT2D eigenvalue weighted by Crippen LogP contribution is -2.28. The van der Waals surface area contributed by atoms with E-state index in [2.05, 4.69) is 10.6 Å². The highest BCUT2D eigenvalue weighted by Crippen LogP contribution is 2.28. The highest BCUT2D eigenvalue weighted by Gasteiger charge is 2.08. The molecule has 0 saturated carbocycles. The smallest absolute Gasteiger partial charge is 0.238 e. The van der Waals surface area contributed by atoms with Gasteiger partial charge in [-0.05, 0) is 44.0 Å². The number of phenolic OH excluding ortho intramolecular Hbond substituents is 1. The van der Waals surface area contributed by atoms with Gasteiger partial charge < -0.3 is 15.7 Å². The first-order valence-electron chi connectivity index (χ1n) is 5.85. The van der Waals surface area contributed by atoms with E-state index in [1.54, 1.807) is 6.07 Å². The lowest BCUT2D eigenvalue weighted by molar-refractivity contribution is -0.115. The summed E-state index contributed by atoms with van der Waals surface area (Å²) in [6.07, 6.45) is 0.988. The van der Waals surface area contributed by atoms with Crippen molar-refractivity contribution in [1.82, 2.24) is 5.32 Å². The quantitative estimate of drug-likeness (QED) is 0.541. The topological polar surface area (TPSA) is 61.4 Å². The largest absolute Gasteiger partial charge is 0.505 e. The number of carbonyl (C=O) groups is 1. The first-order chi connectivity index (χ1) is 8.04. The second-order valence-corrected chi connectivity index (χ2v) is 4.20. The Kier molecular flexibility index (Phi) is 4.97. The first kappa shape index (κ1) is 13.5. The van der Waals surface area contributed by atoms with Gasteiger partial charge in [0.15, 0.2) is 0 Å². The summed E-state index contributed by atoms with van der Waals surface area (Å²) < 4.78 is 0. The van der Waals surface area contributed by atoms with Gasteiger partial charge in [0.25, 0.3) is 0 Å². The Labute approximate surface area is 102 Å². The van der Waals surface area contributed by atoms with Gasteiger partial charge in [0, 0.05) is 0 Å². The molecule has 0 aliphatic carbocycles. The molecule has 1 aromatic rings. The van der Waals surface area contributed by atoms with Crippen LogP contribution in [-0.4, -0.2) is 24.1 Å². The molecule has 0 fully saturated rings. The van der Waals surface area contributed by atoms with Gasteiger partial charge in [0.2, 0.25) is 5.91 Å². The van der Waals surface area contributed by atoms with Crippen LogP contribution in [0.2, 0.25) is 0 Å². The van der Waals surface area contributed by atoms with Crippen LogP contribution in [-0.2, 0) is 4.79 Å². The summed E-state index contributed by atoms with van der Waals surface area (Å²) in [5.41, 5.74) is 2.25. The molecular formula is C13H20N2O2. The zero-order chi connectivity index (χ0) is 12.8. The van der Waals surface area contributed by atoms with Gasteiger partial charge in [0.1, 0.15) is 5.75 Å². The molecule has 1 rings (SSSR count). The number of nitrogens with one attached hydrogen (secondary N) is 2. The zero-order valence-corrected chi connectivity index (χ0v) is 10.6. The maximum Gasteiger partial charge on any atom is 0.238 e. The van der Waals surface area contributed by atoms with Crippen molar-refractivity contribution < 1.29 is 9.90 Å². The Morgan fingerprint density at radius 2 is 2.06 bits per heavy atom. The molecule has 4 nitrogen and oxygen atoms in total. The number of hydrogen-bond donors (Lipinski definition) is 3. The number of carbonyl (C=O) groups excluding carboxylic acids is 1. The Balaban J connectivity index is 2.65. The Hall–Kier alpha value is -1.55. The Morgan fingerprint density at radius 1 is 1.35 bits per heavy atom. The highest BCUT2D eigenvalue weighted by molar-refractivity contribution is 5.94. The van der Waals surface area contributed by atoms with Crippen LogP contribution in [0.5, 0.6) is 5.75 Å². The van der Waals surface area contributed by atoms with Crippen LogP contribution in [0.15, 0.2) is 12.1 Å². The number of anilines is 1. The summed E-state index contributed by atoms with van der Waals surface area (Å²) >= 11 is 0. The van der Waals surface area contributed by atoms with E-state index in [9.17, 15) is 9.90 Å². The minimum Gasteiger partial charge on any atom is -0.505 e. The van der Waals surface area contributed by atoms with Gasteiger partial charge >= 0.3 is 0 Å². The zero-order valence-electron chi connectivity index (χ0n) is 10.6. The molecule has 0 aliphatic heterocycles. The molecule has 0 atom stereocenters. The van der Waals surface area contributed by atoms with Gasteiger partial charge in [-0.3, -0.25) is 4.79 Å². The summed E-state index contributed by atoms with van der Waals surface area (Å²) in [7, 11) is 0. The molecule has 1 amide bonds. The van der Waals surface area contributed by atoms with E-state index in [1.807, 2.05) is 26.8 Å². The Bertz CT molecular complexity index is 403. The van der Waals surface area contributed by atoms with Crippen molar-refractivity contribution in [1.29, 1.82) is 0 Å². The molecular weight excluding hydrogens is 216 g/mol. The van der Waals surface area contributed by atoms with Crippen molar-refractivity contribution in [2.75, 3.05) is 18.4 Å². The van der Waals surface area contributed by atoms with E-state index in [0.717, 1.165) is 24.1 Å². The predicted molar refractivity (Wildman–Crippen MR) is 69.4 cm³/mol. The monoisotopic (exact) mass is 236 g/mol. The average Bonchev–Trinajstić information content (AvgIpc) is 2.25. The fraction of sp³-hybridized carbons (Fsp3) is 0.462. The standard InChI is InChI=1S/C13H20N2O2/c1-4-5-14-8-12(16)15-11-7-9(2)6-10(3)13(11)17/h6-7,14,17H,4-5,8H2,1-3H3,(H,15,16). The third-order valence-electron chi connectivity index (χ3n) is 2.43. The lowest BCUT2D eigenvalue weighted by atomic mass is 10.1. The van der Waals surface area contributed by atoms with Gasteiger partial charge in [-0.2, -0.15) is 0 Å². The first-order valence-corrected chi connectivity index (χ1v) is 5.85. The molecule has 0 heterocycles. The number of phenols is 1. The fourth-order valence-electron chi connectivity index (χ4n) is 1.63. The molecule has 0 unspecified atom stereocenters. The minimum absolute atomic E-state index is 0.138. The average molecular weight is 236 g/mol. The molecule has 0 spiro atoms. The Morgan fingerprint density at radius 3 is 2.71 bits per heavy atom. The SMILES string of the molecule is CCCNCC(=O)Nc1cc(C)cc(C)c1O. The van der Waals surface area contributed by atoms with Crippen LogP contribution in [0.3, 0.4) is 0 Å². The lowest BCUT2D eigenvalue weighted by Gasteiger charge is -2.10. The number of amides is 1. The van der Waals surface area contributed by atoms with Crippen LogP contribution in [0.25, 0.3) is 0 Å². The second-order valence-electron chi connectivity index (χ2n) is 4.20. The molecule has 3 N–H and O–H groups in total. The molecule has 0 aliphatic rings. The molecule has 0 saturated heterocycles. The number of hydrogen-bond acceptors (Lipinski definition) is 3. The van der Waals surface area contributed by atoms with E-state index in [1.165, 1.54) is 0 Å². The van der Waals surface area contributed by atoms with Crippen molar-refractivity contribution in [3.63, 3.8) is 0 Å². The van der Waals surface area contributed by atoms with Crippen LogP contribution in [0.1, 0.15) is 24.5 Å². The molecule has 94 valence electrons. The maximum absolute atomic E-state index is 11.6.